The Kier molecular flexibility index (Phi) is 6.10. The summed E-state index contributed by atoms with van der Waals surface area (Å²) in [6, 6.07) is 11.5. The van der Waals surface area contributed by atoms with E-state index in [9.17, 15) is 9.59 Å². The van der Waals surface area contributed by atoms with Gasteiger partial charge in [0.1, 0.15) is 19.8 Å². The summed E-state index contributed by atoms with van der Waals surface area (Å²) in [7, 11) is 1.33. The zero-order valence-corrected chi connectivity index (χ0v) is 18.2. The van der Waals surface area contributed by atoms with Gasteiger partial charge in [-0.1, -0.05) is 23.5 Å². The van der Waals surface area contributed by atoms with Gasteiger partial charge in [0.2, 0.25) is 0 Å². The normalized spacial score (nSPS) is 13.5. The van der Waals surface area contributed by atoms with Gasteiger partial charge in [0.25, 0.3) is 5.91 Å². The number of nitrogens with zero attached hydrogens (tertiary/aromatic N) is 2. The van der Waals surface area contributed by atoms with Crippen LogP contribution in [0.5, 0.6) is 11.5 Å². The van der Waals surface area contributed by atoms with Gasteiger partial charge in [0.15, 0.2) is 16.3 Å². The topological polar surface area (TPSA) is 79.1 Å². The number of carbonyl (C=O) groups excluding carboxylic acids is 2. The van der Waals surface area contributed by atoms with E-state index in [0.29, 0.717) is 29.5 Å². The lowest BCUT2D eigenvalue weighted by atomic mass is 10.1. The molecule has 30 heavy (non-hydrogen) atoms. The number of hydrogen-bond acceptors (Lipinski definition) is 7. The van der Waals surface area contributed by atoms with E-state index in [1.165, 1.54) is 18.4 Å². The van der Waals surface area contributed by atoms with Gasteiger partial charge in [-0.2, -0.15) is 4.99 Å². The quantitative estimate of drug-likeness (QED) is 0.445. The Morgan fingerprint density at radius 3 is 2.53 bits per heavy atom. The van der Waals surface area contributed by atoms with Crippen molar-refractivity contribution in [2.45, 2.75) is 17.9 Å². The average Bonchev–Trinajstić information content (AvgIpc) is 3.08. The highest BCUT2D eigenvalue weighted by atomic mass is 32.2. The van der Waals surface area contributed by atoms with E-state index in [1.807, 2.05) is 42.7 Å². The van der Waals surface area contributed by atoms with Crippen molar-refractivity contribution in [1.29, 1.82) is 0 Å². The summed E-state index contributed by atoms with van der Waals surface area (Å²) in [6.45, 7) is 0.895. The number of amides is 1. The molecule has 9 heteroatoms. The molecule has 0 N–H and O–H groups in total. The van der Waals surface area contributed by atoms with Crippen LogP contribution in [0.2, 0.25) is 0 Å². The number of esters is 1. The Hall–Kier alpha value is -2.78. The zero-order chi connectivity index (χ0) is 21.1. The largest absolute Gasteiger partial charge is 0.486 e. The average molecular weight is 445 g/mol. The summed E-state index contributed by atoms with van der Waals surface area (Å²) < 4.78 is 18.6. The van der Waals surface area contributed by atoms with Crippen molar-refractivity contribution in [3.05, 3.63) is 46.8 Å². The fourth-order valence-electron chi connectivity index (χ4n) is 3.10. The molecule has 0 unspecified atom stereocenters. The molecule has 0 atom stereocenters. The molecule has 3 aromatic rings. The number of carbonyl (C=O) groups is 2. The minimum Gasteiger partial charge on any atom is -0.486 e. The SMILES string of the molecule is COC(=O)Cn1c(=NC(=O)Cc2ccc(SC)cc2)sc2cc3c(cc21)OCCO3. The first-order valence-electron chi connectivity index (χ1n) is 9.27. The summed E-state index contributed by atoms with van der Waals surface area (Å²) in [5.41, 5.74) is 1.63. The van der Waals surface area contributed by atoms with Crippen molar-refractivity contribution in [3.63, 3.8) is 0 Å². The molecule has 0 saturated carbocycles. The molecule has 1 aromatic heterocycles. The number of thiazole rings is 1. The second kappa shape index (κ2) is 8.93. The van der Waals surface area contributed by atoms with E-state index >= 15 is 0 Å². The third-order valence-corrected chi connectivity index (χ3v) is 6.38. The summed E-state index contributed by atoms with van der Waals surface area (Å²) in [6.07, 6.45) is 2.19. The minimum atomic E-state index is -0.425. The second-order valence-corrected chi connectivity index (χ2v) is 8.43. The predicted octanol–water partition coefficient (Wildman–Crippen LogP) is 3.04. The highest BCUT2D eigenvalue weighted by molar-refractivity contribution is 7.98. The van der Waals surface area contributed by atoms with Crippen LogP contribution in [0.15, 0.2) is 46.3 Å². The lowest BCUT2D eigenvalue weighted by Gasteiger charge is -2.18. The number of ether oxygens (including phenoxy) is 3. The van der Waals surface area contributed by atoms with Crippen molar-refractivity contribution in [3.8, 4) is 11.5 Å². The first-order chi connectivity index (χ1) is 14.6. The molecule has 0 aliphatic carbocycles. The third kappa shape index (κ3) is 4.36. The van der Waals surface area contributed by atoms with E-state index in [-0.39, 0.29) is 18.9 Å². The van der Waals surface area contributed by atoms with Crippen LogP contribution in [0, 0.1) is 0 Å². The molecule has 0 spiro atoms. The smallest absolute Gasteiger partial charge is 0.325 e. The van der Waals surface area contributed by atoms with Gasteiger partial charge in [0.05, 0.1) is 23.7 Å². The number of hydrogen-bond donors (Lipinski definition) is 0. The van der Waals surface area contributed by atoms with Crippen molar-refractivity contribution in [2.75, 3.05) is 26.6 Å². The standard InChI is InChI=1S/C21H20N2O5S2/c1-26-20(25)12-23-15-10-16-17(28-8-7-27-16)11-18(15)30-21(23)22-19(24)9-13-3-5-14(29-2)6-4-13/h3-6,10-11H,7-9,12H2,1-2H3. The zero-order valence-electron chi connectivity index (χ0n) is 16.5. The lowest BCUT2D eigenvalue weighted by molar-refractivity contribution is -0.141. The Morgan fingerprint density at radius 2 is 1.87 bits per heavy atom. The number of rotatable bonds is 5. The Balaban J connectivity index is 1.72. The van der Waals surface area contributed by atoms with Crippen LogP contribution in [-0.2, 0) is 27.3 Å². The summed E-state index contributed by atoms with van der Waals surface area (Å²) in [4.78, 5) is 30.5. The van der Waals surface area contributed by atoms with Gasteiger partial charge in [-0.3, -0.25) is 9.59 Å². The molecule has 1 amide bonds. The van der Waals surface area contributed by atoms with Gasteiger partial charge in [-0.15, -0.1) is 11.8 Å². The molecule has 0 bridgehead atoms. The van der Waals surface area contributed by atoms with Crippen molar-refractivity contribution in [2.24, 2.45) is 4.99 Å². The molecule has 0 fully saturated rings. The summed E-state index contributed by atoms with van der Waals surface area (Å²) >= 11 is 2.97. The maximum absolute atomic E-state index is 12.6. The van der Waals surface area contributed by atoms with E-state index in [2.05, 4.69) is 4.99 Å². The second-order valence-electron chi connectivity index (χ2n) is 6.54. The van der Waals surface area contributed by atoms with E-state index in [0.717, 1.165) is 20.7 Å². The Labute approximate surface area is 181 Å². The minimum absolute atomic E-state index is 0.0509. The number of thioether (sulfide) groups is 1. The molecule has 2 aromatic carbocycles. The van der Waals surface area contributed by atoms with E-state index < -0.39 is 5.97 Å². The van der Waals surface area contributed by atoms with Gasteiger partial charge in [-0.05, 0) is 24.0 Å². The van der Waals surface area contributed by atoms with Crippen LogP contribution in [0.4, 0.5) is 0 Å². The van der Waals surface area contributed by atoms with Crippen LogP contribution >= 0.6 is 23.1 Å². The first-order valence-corrected chi connectivity index (χ1v) is 11.3. The fourth-order valence-corrected chi connectivity index (χ4v) is 4.57. The predicted molar refractivity (Wildman–Crippen MR) is 115 cm³/mol. The van der Waals surface area contributed by atoms with Gasteiger partial charge >= 0.3 is 5.97 Å². The number of methoxy groups -OCH3 is 1. The van der Waals surface area contributed by atoms with Crippen molar-refractivity contribution in [1.82, 2.24) is 4.57 Å². The van der Waals surface area contributed by atoms with Crippen LogP contribution in [-0.4, -0.2) is 43.0 Å². The summed E-state index contributed by atoms with van der Waals surface area (Å²) in [5, 5.41) is 0. The molecule has 2 heterocycles. The molecule has 0 saturated heterocycles. The Bertz CT molecular complexity index is 1160. The molecular weight excluding hydrogens is 424 g/mol. The molecular formula is C21H20N2O5S2. The number of benzene rings is 2. The molecule has 7 nitrogen and oxygen atoms in total. The van der Waals surface area contributed by atoms with Crippen LogP contribution in [0.25, 0.3) is 10.2 Å². The van der Waals surface area contributed by atoms with Crippen molar-refractivity contribution >= 4 is 45.2 Å². The molecule has 4 rings (SSSR count). The van der Waals surface area contributed by atoms with Gasteiger partial charge in [-0.25, -0.2) is 0 Å². The van der Waals surface area contributed by atoms with Crippen LogP contribution in [0.1, 0.15) is 5.56 Å². The van der Waals surface area contributed by atoms with E-state index in [4.69, 9.17) is 14.2 Å². The first kappa shape index (κ1) is 20.5. The highest BCUT2D eigenvalue weighted by Gasteiger charge is 2.18. The molecule has 1 aliphatic heterocycles. The van der Waals surface area contributed by atoms with E-state index in [1.54, 1.807) is 16.3 Å². The van der Waals surface area contributed by atoms with Crippen molar-refractivity contribution < 1.29 is 23.8 Å². The monoisotopic (exact) mass is 444 g/mol. The van der Waals surface area contributed by atoms with Gasteiger partial charge in [0, 0.05) is 17.0 Å². The number of aromatic nitrogens is 1. The fraction of sp³-hybridized carbons (Fsp3) is 0.286. The lowest BCUT2D eigenvalue weighted by Crippen LogP contribution is -2.23. The highest BCUT2D eigenvalue weighted by Crippen LogP contribution is 2.35. The maximum Gasteiger partial charge on any atom is 0.325 e. The van der Waals surface area contributed by atoms with Crippen LogP contribution in [0.3, 0.4) is 0 Å². The van der Waals surface area contributed by atoms with Gasteiger partial charge < -0.3 is 18.8 Å². The Morgan fingerprint density at radius 1 is 1.17 bits per heavy atom. The molecule has 0 radical (unpaired) electrons. The molecule has 156 valence electrons. The summed E-state index contributed by atoms with van der Waals surface area (Å²) in [5.74, 6) is 0.546. The third-order valence-electron chi connectivity index (χ3n) is 4.60. The molecule has 1 aliphatic rings. The van der Waals surface area contributed by atoms with Crippen LogP contribution < -0.4 is 14.3 Å². The maximum atomic E-state index is 12.6. The number of fused-ring (bicyclic) bond motifs is 2.